The second-order valence-electron chi connectivity index (χ2n) is 6.61. The molecule has 0 bridgehead atoms. The molecular weight excluding hydrogens is 176 g/mol. The molecule has 2 nitrogen and oxygen atoms in total. The van der Waals surface area contributed by atoms with Crippen molar-refractivity contribution < 1.29 is 10.2 Å². The van der Waals surface area contributed by atoms with Crippen LogP contribution < -0.4 is 0 Å². The van der Waals surface area contributed by atoms with Gasteiger partial charge in [-0.15, -0.1) is 0 Å². The largest absolute Gasteiger partial charge is 0.392 e. The Balaban J connectivity index is 4.53. The van der Waals surface area contributed by atoms with Crippen molar-refractivity contribution in [3.05, 3.63) is 0 Å². The molecule has 0 aromatic rings. The van der Waals surface area contributed by atoms with Gasteiger partial charge < -0.3 is 10.2 Å². The third-order valence-electron chi connectivity index (χ3n) is 3.21. The van der Waals surface area contributed by atoms with Gasteiger partial charge in [-0.1, -0.05) is 41.5 Å². The van der Waals surface area contributed by atoms with E-state index in [-0.39, 0.29) is 10.8 Å². The van der Waals surface area contributed by atoms with Gasteiger partial charge in [0.15, 0.2) is 0 Å². The number of aliphatic hydroxyl groups is 2. The van der Waals surface area contributed by atoms with E-state index < -0.39 is 11.7 Å². The van der Waals surface area contributed by atoms with Crippen molar-refractivity contribution >= 4 is 0 Å². The van der Waals surface area contributed by atoms with Crippen molar-refractivity contribution in [1.29, 1.82) is 0 Å². The van der Waals surface area contributed by atoms with Gasteiger partial charge >= 0.3 is 0 Å². The molecule has 0 radical (unpaired) electrons. The lowest BCUT2D eigenvalue weighted by Crippen LogP contribution is -2.45. The van der Waals surface area contributed by atoms with Gasteiger partial charge in [-0.3, -0.25) is 0 Å². The van der Waals surface area contributed by atoms with Crippen LogP contribution in [0.25, 0.3) is 0 Å². The Hall–Kier alpha value is -0.0800. The Labute approximate surface area is 88.3 Å². The van der Waals surface area contributed by atoms with Crippen LogP contribution in [0.1, 0.15) is 54.9 Å². The molecule has 0 heterocycles. The van der Waals surface area contributed by atoms with E-state index in [1.165, 1.54) is 0 Å². The average Bonchev–Trinajstić information content (AvgIpc) is 1.80. The van der Waals surface area contributed by atoms with Gasteiger partial charge in [0.2, 0.25) is 0 Å². The Morgan fingerprint density at radius 3 is 1.50 bits per heavy atom. The maximum Gasteiger partial charge on any atom is 0.0692 e. The van der Waals surface area contributed by atoms with Crippen LogP contribution in [0.3, 0.4) is 0 Å². The highest BCUT2D eigenvalue weighted by molar-refractivity contribution is 4.90. The van der Waals surface area contributed by atoms with Crippen molar-refractivity contribution in [3.8, 4) is 0 Å². The molecule has 2 atom stereocenters. The lowest BCUT2D eigenvalue weighted by Gasteiger charge is -2.41. The molecule has 0 aliphatic rings. The van der Waals surface area contributed by atoms with E-state index in [2.05, 4.69) is 0 Å². The third-order valence-corrected chi connectivity index (χ3v) is 3.21. The molecule has 14 heavy (non-hydrogen) atoms. The highest BCUT2D eigenvalue weighted by atomic mass is 16.3. The summed E-state index contributed by atoms with van der Waals surface area (Å²) in [5, 5.41) is 20.1. The summed E-state index contributed by atoms with van der Waals surface area (Å²) in [6.07, 6.45) is -0.0586. The van der Waals surface area contributed by atoms with E-state index in [0.29, 0.717) is 6.42 Å². The zero-order chi connectivity index (χ0) is 11.8. The SMILES string of the molecule is CC(C)(C)C(O)CC(C)(O)C(C)(C)C. The lowest BCUT2D eigenvalue weighted by molar-refractivity contribution is -0.0932. The topological polar surface area (TPSA) is 40.5 Å². The minimum absolute atomic E-state index is 0.171. The summed E-state index contributed by atoms with van der Waals surface area (Å²) in [5.74, 6) is 0. The molecular formula is C12H26O2. The first-order chi connectivity index (χ1) is 5.88. The van der Waals surface area contributed by atoms with E-state index in [9.17, 15) is 10.2 Å². The summed E-state index contributed by atoms with van der Waals surface area (Å²) in [4.78, 5) is 0. The summed E-state index contributed by atoms with van der Waals surface area (Å²) >= 11 is 0. The summed E-state index contributed by atoms with van der Waals surface area (Å²) in [7, 11) is 0. The maximum atomic E-state index is 10.2. The second kappa shape index (κ2) is 3.82. The molecule has 0 aromatic carbocycles. The van der Waals surface area contributed by atoms with Crippen LogP contribution in [0, 0.1) is 10.8 Å². The first-order valence-corrected chi connectivity index (χ1v) is 5.28. The molecule has 86 valence electrons. The van der Waals surface area contributed by atoms with E-state index >= 15 is 0 Å². The molecule has 0 amide bonds. The van der Waals surface area contributed by atoms with E-state index in [1.807, 2.05) is 41.5 Å². The molecule has 0 saturated heterocycles. The quantitative estimate of drug-likeness (QED) is 0.722. The predicted octanol–water partition coefficient (Wildman–Crippen LogP) is 2.58. The molecule has 0 rings (SSSR count). The van der Waals surface area contributed by atoms with E-state index in [4.69, 9.17) is 0 Å². The summed E-state index contributed by atoms with van der Waals surface area (Å²) in [5.41, 5.74) is -1.21. The van der Waals surface area contributed by atoms with Gasteiger partial charge in [0.1, 0.15) is 0 Å². The molecule has 0 saturated carbocycles. The normalized spacial score (nSPS) is 20.4. The summed E-state index contributed by atoms with van der Waals surface area (Å²) in [6, 6.07) is 0. The van der Waals surface area contributed by atoms with Crippen molar-refractivity contribution in [1.82, 2.24) is 0 Å². The Bertz CT molecular complexity index is 181. The Morgan fingerprint density at radius 1 is 0.929 bits per heavy atom. The van der Waals surface area contributed by atoms with Crippen LogP contribution in [0.5, 0.6) is 0 Å². The van der Waals surface area contributed by atoms with Gasteiger partial charge in [0.25, 0.3) is 0 Å². The van der Waals surface area contributed by atoms with E-state index in [1.54, 1.807) is 6.92 Å². The van der Waals surface area contributed by atoms with Crippen LogP contribution in [-0.4, -0.2) is 21.9 Å². The average molecular weight is 202 g/mol. The zero-order valence-corrected chi connectivity index (χ0v) is 10.7. The Morgan fingerprint density at radius 2 is 1.29 bits per heavy atom. The fraction of sp³-hybridized carbons (Fsp3) is 1.00. The van der Waals surface area contributed by atoms with Gasteiger partial charge in [-0.05, 0) is 17.8 Å². The monoisotopic (exact) mass is 202 g/mol. The number of rotatable bonds is 2. The highest BCUT2D eigenvalue weighted by Gasteiger charge is 2.39. The van der Waals surface area contributed by atoms with Gasteiger partial charge in [-0.2, -0.15) is 0 Å². The molecule has 2 unspecified atom stereocenters. The van der Waals surface area contributed by atoms with Crippen LogP contribution in [0.4, 0.5) is 0 Å². The van der Waals surface area contributed by atoms with Crippen LogP contribution in [-0.2, 0) is 0 Å². The number of aliphatic hydroxyl groups excluding tert-OH is 1. The minimum Gasteiger partial charge on any atom is -0.392 e. The van der Waals surface area contributed by atoms with Gasteiger partial charge in [0.05, 0.1) is 11.7 Å². The smallest absolute Gasteiger partial charge is 0.0692 e. The van der Waals surface area contributed by atoms with Crippen molar-refractivity contribution in [2.24, 2.45) is 10.8 Å². The molecule has 0 aliphatic carbocycles. The lowest BCUT2D eigenvalue weighted by atomic mass is 9.71. The van der Waals surface area contributed by atoms with Crippen molar-refractivity contribution in [3.63, 3.8) is 0 Å². The zero-order valence-electron chi connectivity index (χ0n) is 10.7. The summed E-state index contributed by atoms with van der Waals surface area (Å²) < 4.78 is 0. The molecule has 0 aliphatic heterocycles. The molecule has 0 aromatic heterocycles. The fourth-order valence-corrected chi connectivity index (χ4v) is 0.989. The first kappa shape index (κ1) is 13.9. The fourth-order valence-electron chi connectivity index (χ4n) is 0.989. The Kier molecular flexibility index (Phi) is 3.80. The summed E-state index contributed by atoms with van der Waals surface area (Å²) in [6.45, 7) is 13.7. The van der Waals surface area contributed by atoms with Crippen LogP contribution in [0.2, 0.25) is 0 Å². The van der Waals surface area contributed by atoms with Gasteiger partial charge in [-0.25, -0.2) is 0 Å². The third kappa shape index (κ3) is 3.58. The number of hydrogen-bond donors (Lipinski definition) is 2. The predicted molar refractivity (Wildman–Crippen MR) is 60.2 cm³/mol. The van der Waals surface area contributed by atoms with Gasteiger partial charge in [0, 0.05) is 6.42 Å². The molecule has 0 fully saturated rings. The van der Waals surface area contributed by atoms with Crippen molar-refractivity contribution in [2.75, 3.05) is 0 Å². The van der Waals surface area contributed by atoms with E-state index in [0.717, 1.165) is 0 Å². The maximum absolute atomic E-state index is 10.2. The molecule has 2 heteroatoms. The standard InChI is InChI=1S/C12H26O2/c1-10(2,3)9(13)8-12(7,14)11(4,5)6/h9,13-14H,8H2,1-7H3. The highest BCUT2D eigenvalue weighted by Crippen LogP contribution is 2.36. The molecule has 2 N–H and O–H groups in total. The van der Waals surface area contributed by atoms with Crippen molar-refractivity contribution in [2.45, 2.75) is 66.6 Å². The number of hydrogen-bond acceptors (Lipinski definition) is 2. The van der Waals surface area contributed by atoms with Crippen LogP contribution >= 0.6 is 0 Å². The minimum atomic E-state index is -0.834. The van der Waals surface area contributed by atoms with Crippen LogP contribution in [0.15, 0.2) is 0 Å². The molecule has 0 spiro atoms. The second-order valence-corrected chi connectivity index (χ2v) is 6.61. The first-order valence-electron chi connectivity index (χ1n) is 5.28.